The Morgan fingerprint density at radius 3 is 1.91 bits per heavy atom. The van der Waals surface area contributed by atoms with Gasteiger partial charge < -0.3 is 41.5 Å². The summed E-state index contributed by atoms with van der Waals surface area (Å²) in [6, 6.07) is 0. The fourth-order valence-electron chi connectivity index (χ4n) is 0.979. The summed E-state index contributed by atoms with van der Waals surface area (Å²) in [4.78, 5) is 48.0. The fourth-order valence-corrected chi connectivity index (χ4v) is 3.03. The van der Waals surface area contributed by atoms with Crippen LogP contribution in [0.3, 0.4) is 0 Å². The third-order valence-electron chi connectivity index (χ3n) is 2.06. The van der Waals surface area contributed by atoms with E-state index >= 15 is 0 Å². The molecule has 0 fully saturated rings. The minimum atomic E-state index is -5.41. The van der Waals surface area contributed by atoms with Gasteiger partial charge >= 0.3 is 50.7 Å². The summed E-state index contributed by atoms with van der Waals surface area (Å²) in [5.41, 5.74) is 4.57. The van der Waals surface area contributed by atoms with Gasteiger partial charge in [-0.3, -0.25) is 13.9 Å². The molecule has 1 heterocycles. The molecule has 22 heavy (non-hydrogen) atoms. The van der Waals surface area contributed by atoms with Crippen LogP contribution in [0.5, 0.6) is 0 Å². The molecule has 0 aliphatic rings. The summed E-state index contributed by atoms with van der Waals surface area (Å²) < 4.78 is 22.8. The van der Waals surface area contributed by atoms with E-state index in [2.05, 4.69) is 10.7 Å². The number of aliphatic hydroxyl groups is 1. The van der Waals surface area contributed by atoms with Crippen LogP contribution < -0.4 is 35.3 Å². The summed E-state index contributed by atoms with van der Waals surface area (Å²) in [6.07, 6.45) is 3.51. The molecule has 12 nitrogen and oxygen atoms in total. The molecule has 1 aromatic heterocycles. The van der Waals surface area contributed by atoms with Crippen LogP contribution in [0.1, 0.15) is 1.43 Å². The Bertz CT molecular complexity index is 538. The molecule has 15 heteroatoms. The zero-order valence-electron chi connectivity index (χ0n) is 12.4. The normalized spacial score (nSPS) is 11.9. The van der Waals surface area contributed by atoms with Gasteiger partial charge in [-0.2, -0.15) is 0 Å². The number of nitrogens with zero attached hydrogens (tertiary/aromatic N) is 2. The van der Waals surface area contributed by atoms with E-state index < -0.39 is 32.8 Å². The van der Waals surface area contributed by atoms with Crippen molar-refractivity contribution in [2.75, 3.05) is 6.54 Å². The number of aromatic nitrogens is 2. The van der Waals surface area contributed by atoms with Crippen LogP contribution in [0.4, 0.5) is 0 Å². The van der Waals surface area contributed by atoms with Gasteiger partial charge in [0.05, 0.1) is 19.4 Å². The molecule has 1 aromatic rings. The first-order valence-corrected chi connectivity index (χ1v) is 8.29. The molecule has 8 N–H and O–H groups in total. The van der Waals surface area contributed by atoms with Crippen LogP contribution in [0.25, 0.3) is 0 Å². The van der Waals surface area contributed by atoms with E-state index in [0.717, 1.165) is 10.9 Å². The number of imidazole rings is 1. The molecule has 0 amide bonds. The molecule has 0 aliphatic heterocycles. The fraction of sp³-hybridized carbons (Fsp3) is 0.429. The maximum atomic E-state index is 10.9. The van der Waals surface area contributed by atoms with E-state index in [1.54, 1.807) is 0 Å². The Hall–Kier alpha value is -0.100. The van der Waals surface area contributed by atoms with E-state index in [-0.39, 0.29) is 37.5 Å². The summed E-state index contributed by atoms with van der Waals surface area (Å²) in [5.74, 6) is -0.968. The Labute approximate surface area is 148 Å². The molecule has 0 saturated heterocycles. The van der Waals surface area contributed by atoms with E-state index in [1.807, 2.05) is 0 Å². The van der Waals surface area contributed by atoms with E-state index in [4.69, 9.17) is 24.7 Å². The van der Waals surface area contributed by atoms with Crippen LogP contribution in [-0.2, 0) is 20.5 Å². The van der Waals surface area contributed by atoms with Gasteiger partial charge in [-0.25, -0.2) is 4.98 Å². The summed E-state index contributed by atoms with van der Waals surface area (Å²) in [5, 5.41) is 13.6. The number of carbonyl (C=O) groups is 1. The Morgan fingerprint density at radius 1 is 1.27 bits per heavy atom. The second-order valence-electron chi connectivity index (χ2n) is 3.70. The molecule has 0 radical (unpaired) electrons. The summed E-state index contributed by atoms with van der Waals surface area (Å²) >= 11 is 0. The zero-order valence-corrected chi connectivity index (χ0v) is 15.2. The topological polar surface area (TPSA) is 216 Å². The third kappa shape index (κ3) is 6.99. The van der Waals surface area contributed by atoms with Crippen molar-refractivity contribution in [1.29, 1.82) is 0 Å². The molecule has 1 rings (SSSR count). The molecule has 0 saturated carbocycles. The van der Waals surface area contributed by atoms with Crippen molar-refractivity contribution in [3.05, 3.63) is 18.7 Å². The van der Waals surface area contributed by atoms with Crippen molar-refractivity contribution >= 4 is 21.2 Å². The smallest absolute Gasteiger partial charge is 1.00 e. The van der Waals surface area contributed by atoms with Gasteiger partial charge in [0.2, 0.25) is 0 Å². The number of nitrogens with two attached hydrogens (primary N) is 1. The maximum absolute atomic E-state index is 10.9. The Morgan fingerprint density at radius 2 is 1.68 bits per heavy atom. The van der Waals surface area contributed by atoms with Crippen LogP contribution in [-0.4, -0.2) is 56.9 Å². The molecular formula is C7H16N3NaO9P2. The van der Waals surface area contributed by atoms with E-state index in [9.17, 15) is 19.0 Å². The first kappa shape index (κ1) is 24.2. The quantitative estimate of drug-likeness (QED) is 0.192. The monoisotopic (exact) mass is 371 g/mol. The van der Waals surface area contributed by atoms with Crippen molar-refractivity contribution in [1.82, 2.24) is 9.55 Å². The van der Waals surface area contributed by atoms with Gasteiger partial charge in [-0.15, -0.1) is 0 Å². The molecule has 0 atom stereocenters. The van der Waals surface area contributed by atoms with Crippen LogP contribution in [0.15, 0.2) is 18.7 Å². The minimum absolute atomic E-state index is 0. The minimum Gasteiger partial charge on any atom is -1.00 e. The van der Waals surface area contributed by atoms with Crippen molar-refractivity contribution in [2.24, 2.45) is 5.73 Å². The van der Waals surface area contributed by atoms with Crippen molar-refractivity contribution in [3.8, 4) is 0 Å². The van der Waals surface area contributed by atoms with Crippen LogP contribution >= 0.6 is 15.2 Å². The van der Waals surface area contributed by atoms with Crippen LogP contribution in [0, 0.1) is 0 Å². The van der Waals surface area contributed by atoms with Gasteiger partial charge in [0.15, 0.2) is 0 Å². The standard InChI is InChI=1S/C5H10N2O7P2.C2H5NO2.Na.H/c8-5(15(9,10)11,16(12,13)14)3-7-2-1-6-4-7;3-1-2(4)5;;/h1-2,4,8H,3H2,(H2,9,10,11)(H2,12,13,14);1,3H2,(H,4,5);;/q;;+1;-1. The van der Waals surface area contributed by atoms with Crippen molar-refractivity contribution < 1.29 is 74.7 Å². The first-order chi connectivity index (χ1) is 9.35. The van der Waals surface area contributed by atoms with Gasteiger partial charge in [0.25, 0.3) is 5.08 Å². The average molecular weight is 371 g/mol. The Balaban J connectivity index is -0.000000502. The molecule has 0 spiro atoms. The molecule has 124 valence electrons. The Kier molecular flexibility index (Phi) is 10.2. The largest absolute Gasteiger partial charge is 1.00 e. The number of carboxylic acids is 1. The number of hydrogen-bond acceptors (Lipinski definition) is 6. The average Bonchev–Trinajstić information content (AvgIpc) is 2.79. The van der Waals surface area contributed by atoms with Crippen molar-refractivity contribution in [2.45, 2.75) is 11.6 Å². The second-order valence-corrected chi connectivity index (χ2v) is 7.70. The number of hydrogen-bond donors (Lipinski definition) is 7. The van der Waals surface area contributed by atoms with Gasteiger partial charge in [0.1, 0.15) is 0 Å². The zero-order chi connectivity index (χ0) is 16.9. The van der Waals surface area contributed by atoms with Gasteiger partial charge in [-0.05, 0) is 0 Å². The van der Waals surface area contributed by atoms with Gasteiger partial charge in [0, 0.05) is 12.4 Å². The SMILES string of the molecule is NCC(=O)O.O=P(O)(O)C(O)(Cn1ccnc1)P(=O)(O)O.[H-].[Na+]. The molecular weight excluding hydrogens is 355 g/mol. The van der Waals surface area contributed by atoms with Crippen molar-refractivity contribution in [3.63, 3.8) is 0 Å². The van der Waals surface area contributed by atoms with E-state index in [0.29, 0.717) is 0 Å². The number of carboxylic acid groups (broad SMARTS) is 1. The molecule has 0 aromatic carbocycles. The maximum Gasteiger partial charge on any atom is 1.00 e. The third-order valence-corrected chi connectivity index (χ3v) is 5.77. The number of aliphatic carboxylic acids is 1. The second kappa shape index (κ2) is 9.26. The summed E-state index contributed by atoms with van der Waals surface area (Å²) in [6.45, 7) is -1.23. The first-order valence-electron chi connectivity index (χ1n) is 5.06. The number of rotatable bonds is 5. The van der Waals surface area contributed by atoms with Gasteiger partial charge in [-0.1, -0.05) is 0 Å². The van der Waals surface area contributed by atoms with E-state index in [1.165, 1.54) is 12.4 Å². The molecule has 0 unspecified atom stereocenters. The van der Waals surface area contributed by atoms with Crippen LogP contribution in [0.2, 0.25) is 0 Å². The predicted molar refractivity (Wildman–Crippen MR) is 69.1 cm³/mol. The molecule has 0 aliphatic carbocycles. The molecule has 0 bridgehead atoms. The summed E-state index contributed by atoms with van der Waals surface area (Å²) in [7, 11) is -10.8. The predicted octanol–water partition coefficient (Wildman–Crippen LogP) is -4.97.